The van der Waals surface area contributed by atoms with E-state index in [-0.39, 0.29) is 11.3 Å². The molecule has 0 amide bonds. The van der Waals surface area contributed by atoms with Gasteiger partial charge >= 0.3 is 5.97 Å². The predicted molar refractivity (Wildman–Crippen MR) is 54.1 cm³/mol. The van der Waals surface area contributed by atoms with E-state index >= 15 is 0 Å². The van der Waals surface area contributed by atoms with Crippen LogP contribution >= 0.6 is 0 Å². The second-order valence-corrected chi connectivity index (χ2v) is 3.19. The number of benzene rings is 1. The highest BCUT2D eigenvalue weighted by atomic mass is 16.4. The van der Waals surface area contributed by atoms with Crippen molar-refractivity contribution in [3.63, 3.8) is 0 Å². The topological polar surface area (TPSA) is 57.5 Å². The third-order valence-corrected chi connectivity index (χ3v) is 1.90. The average Bonchev–Trinajstić information content (AvgIpc) is 2.09. The Hall–Kier alpha value is -1.77. The lowest BCUT2D eigenvalue weighted by atomic mass is 10.1. The second-order valence-electron chi connectivity index (χ2n) is 3.19. The van der Waals surface area contributed by atoms with Gasteiger partial charge in [-0.25, -0.2) is 4.79 Å². The van der Waals surface area contributed by atoms with Crippen LogP contribution in [0.25, 0.3) is 6.08 Å². The molecular weight excluding hydrogens is 180 g/mol. The summed E-state index contributed by atoms with van der Waals surface area (Å²) in [6.45, 7) is 3.35. The smallest absolute Gasteiger partial charge is 0.331 e. The summed E-state index contributed by atoms with van der Waals surface area (Å²) < 4.78 is 0. The average molecular weight is 192 g/mol. The summed E-state index contributed by atoms with van der Waals surface area (Å²) in [6.07, 6.45) is 1.44. The Morgan fingerprint density at radius 2 is 2.07 bits per heavy atom. The van der Waals surface area contributed by atoms with Crippen LogP contribution in [0.4, 0.5) is 0 Å². The molecule has 14 heavy (non-hydrogen) atoms. The Kier molecular flexibility index (Phi) is 2.92. The van der Waals surface area contributed by atoms with Gasteiger partial charge in [0.25, 0.3) is 0 Å². The van der Waals surface area contributed by atoms with Gasteiger partial charge in [-0.1, -0.05) is 12.1 Å². The summed E-state index contributed by atoms with van der Waals surface area (Å²) in [5, 5.41) is 18.1. The van der Waals surface area contributed by atoms with E-state index in [9.17, 15) is 9.90 Å². The van der Waals surface area contributed by atoms with Gasteiger partial charge in [0.15, 0.2) is 0 Å². The molecule has 0 unspecified atom stereocenters. The molecule has 0 bridgehead atoms. The normalized spacial score (nSPS) is 11.4. The maximum atomic E-state index is 10.5. The van der Waals surface area contributed by atoms with E-state index in [1.807, 2.05) is 13.0 Å². The lowest BCUT2D eigenvalue weighted by Crippen LogP contribution is -1.95. The first-order valence-electron chi connectivity index (χ1n) is 4.22. The summed E-state index contributed by atoms with van der Waals surface area (Å²) in [6, 6.07) is 5.11. The molecule has 0 aliphatic carbocycles. The van der Waals surface area contributed by atoms with Gasteiger partial charge in [0.05, 0.1) is 0 Å². The van der Waals surface area contributed by atoms with Crippen LogP contribution in [0, 0.1) is 6.92 Å². The van der Waals surface area contributed by atoms with Gasteiger partial charge < -0.3 is 10.2 Å². The summed E-state index contributed by atoms with van der Waals surface area (Å²) in [4.78, 5) is 10.5. The largest absolute Gasteiger partial charge is 0.507 e. The number of hydrogen-bond acceptors (Lipinski definition) is 2. The minimum atomic E-state index is -0.982. The standard InChI is InChI=1S/C11H12O3/c1-7-3-4-9(10(12)5-7)6-8(2)11(13)14/h3-6,12H,1-2H3,(H,13,14)/b8-6-. The number of carboxylic acids is 1. The Morgan fingerprint density at radius 1 is 1.43 bits per heavy atom. The SMILES string of the molecule is C/C(=C/c1ccc(C)cc1O)C(=O)O. The number of carbonyl (C=O) groups is 1. The van der Waals surface area contributed by atoms with Crippen molar-refractivity contribution in [2.75, 3.05) is 0 Å². The Bertz CT molecular complexity index is 392. The molecular formula is C11H12O3. The zero-order valence-corrected chi connectivity index (χ0v) is 8.11. The molecule has 0 aliphatic rings. The lowest BCUT2D eigenvalue weighted by molar-refractivity contribution is -0.132. The van der Waals surface area contributed by atoms with Gasteiger partial charge in [-0.3, -0.25) is 0 Å². The second kappa shape index (κ2) is 3.96. The van der Waals surface area contributed by atoms with Gasteiger partial charge in [-0.2, -0.15) is 0 Å². The first kappa shape index (κ1) is 10.3. The fourth-order valence-electron chi connectivity index (χ4n) is 1.07. The molecule has 0 radical (unpaired) electrons. The molecule has 0 heterocycles. The van der Waals surface area contributed by atoms with Crippen molar-refractivity contribution in [3.05, 3.63) is 34.9 Å². The Balaban J connectivity index is 3.09. The van der Waals surface area contributed by atoms with Gasteiger partial charge in [-0.05, 0) is 31.6 Å². The number of phenols is 1. The van der Waals surface area contributed by atoms with Crippen LogP contribution in [-0.4, -0.2) is 16.2 Å². The molecule has 1 aromatic carbocycles. The van der Waals surface area contributed by atoms with Crippen LogP contribution in [0.5, 0.6) is 5.75 Å². The summed E-state index contributed by atoms with van der Waals surface area (Å²) in [5.41, 5.74) is 1.66. The maximum Gasteiger partial charge on any atom is 0.331 e. The van der Waals surface area contributed by atoms with E-state index in [0.717, 1.165) is 5.56 Å². The number of hydrogen-bond donors (Lipinski definition) is 2. The third-order valence-electron chi connectivity index (χ3n) is 1.90. The first-order chi connectivity index (χ1) is 6.50. The highest BCUT2D eigenvalue weighted by Gasteiger charge is 2.03. The molecule has 0 saturated heterocycles. The summed E-state index contributed by atoms with van der Waals surface area (Å²) in [5.74, 6) is -0.879. The Labute approximate surface area is 82.3 Å². The van der Waals surface area contributed by atoms with Crippen molar-refractivity contribution in [1.82, 2.24) is 0 Å². The molecule has 3 heteroatoms. The number of aliphatic carboxylic acids is 1. The molecule has 0 atom stereocenters. The van der Waals surface area contributed by atoms with Crippen molar-refractivity contribution < 1.29 is 15.0 Å². The van der Waals surface area contributed by atoms with Crippen LogP contribution in [0.15, 0.2) is 23.8 Å². The first-order valence-corrected chi connectivity index (χ1v) is 4.22. The van der Waals surface area contributed by atoms with Crippen LogP contribution in [-0.2, 0) is 4.79 Å². The summed E-state index contributed by atoms with van der Waals surface area (Å²) in [7, 11) is 0. The molecule has 0 aromatic heterocycles. The highest BCUT2D eigenvalue weighted by molar-refractivity contribution is 5.91. The van der Waals surface area contributed by atoms with Crippen LogP contribution in [0.1, 0.15) is 18.1 Å². The quantitative estimate of drug-likeness (QED) is 0.706. The zero-order chi connectivity index (χ0) is 10.7. The summed E-state index contributed by atoms with van der Waals surface area (Å²) >= 11 is 0. The molecule has 3 nitrogen and oxygen atoms in total. The van der Waals surface area contributed by atoms with Crippen LogP contribution < -0.4 is 0 Å². The zero-order valence-electron chi connectivity index (χ0n) is 8.11. The number of aromatic hydroxyl groups is 1. The van der Waals surface area contributed by atoms with Gasteiger partial charge in [0.1, 0.15) is 5.75 Å². The van der Waals surface area contributed by atoms with Gasteiger partial charge in [0.2, 0.25) is 0 Å². The highest BCUT2D eigenvalue weighted by Crippen LogP contribution is 2.21. The molecule has 0 fully saturated rings. The predicted octanol–water partition coefficient (Wildman–Crippen LogP) is 2.19. The van der Waals surface area contributed by atoms with Crippen LogP contribution in [0.2, 0.25) is 0 Å². The molecule has 0 spiro atoms. The molecule has 1 aromatic rings. The monoisotopic (exact) mass is 192 g/mol. The lowest BCUT2D eigenvalue weighted by Gasteiger charge is -2.01. The van der Waals surface area contributed by atoms with E-state index in [1.165, 1.54) is 13.0 Å². The molecule has 1 rings (SSSR count). The minimum Gasteiger partial charge on any atom is -0.507 e. The molecule has 0 saturated carbocycles. The number of carboxylic acid groups (broad SMARTS) is 1. The fraction of sp³-hybridized carbons (Fsp3) is 0.182. The van der Waals surface area contributed by atoms with E-state index < -0.39 is 5.97 Å². The Morgan fingerprint density at radius 3 is 2.57 bits per heavy atom. The van der Waals surface area contributed by atoms with Gasteiger partial charge in [-0.15, -0.1) is 0 Å². The third kappa shape index (κ3) is 2.36. The van der Waals surface area contributed by atoms with E-state index in [2.05, 4.69) is 0 Å². The maximum absolute atomic E-state index is 10.5. The molecule has 2 N–H and O–H groups in total. The number of aryl methyl sites for hydroxylation is 1. The van der Waals surface area contributed by atoms with Crippen molar-refractivity contribution in [2.24, 2.45) is 0 Å². The van der Waals surface area contributed by atoms with Gasteiger partial charge in [0, 0.05) is 11.1 Å². The van der Waals surface area contributed by atoms with Crippen molar-refractivity contribution in [2.45, 2.75) is 13.8 Å². The van der Waals surface area contributed by atoms with E-state index in [1.54, 1.807) is 12.1 Å². The number of rotatable bonds is 2. The minimum absolute atomic E-state index is 0.102. The fourth-order valence-corrected chi connectivity index (χ4v) is 1.07. The number of phenolic OH excluding ortho intramolecular Hbond substituents is 1. The van der Waals surface area contributed by atoms with Crippen molar-refractivity contribution in [1.29, 1.82) is 0 Å². The van der Waals surface area contributed by atoms with Crippen molar-refractivity contribution >= 4 is 12.0 Å². The molecule has 0 aliphatic heterocycles. The molecule has 74 valence electrons. The van der Waals surface area contributed by atoms with Crippen molar-refractivity contribution in [3.8, 4) is 5.75 Å². The van der Waals surface area contributed by atoms with E-state index in [0.29, 0.717) is 5.56 Å². The van der Waals surface area contributed by atoms with E-state index in [4.69, 9.17) is 5.11 Å². The van der Waals surface area contributed by atoms with Crippen LogP contribution in [0.3, 0.4) is 0 Å².